The number of imidazole rings is 1. The molecule has 3 heterocycles. The molecule has 28 heavy (non-hydrogen) atoms. The smallest absolute Gasteiger partial charge is 0.387 e. The number of phosphoric acid groups is 1. The summed E-state index contributed by atoms with van der Waals surface area (Å²) >= 11 is 0. The van der Waals surface area contributed by atoms with Gasteiger partial charge in [-0.25, -0.2) is 9.55 Å². The molecule has 2 fully saturated rings. The first-order chi connectivity index (χ1) is 13.1. The Bertz CT molecular complexity index is 942. The van der Waals surface area contributed by atoms with E-state index in [0.717, 1.165) is 12.8 Å². The van der Waals surface area contributed by atoms with E-state index < -0.39 is 38.5 Å². The summed E-state index contributed by atoms with van der Waals surface area (Å²) in [5.41, 5.74) is 4.69. The molecule has 2 aromatic heterocycles. The highest BCUT2D eigenvalue weighted by atomic mass is 31.2. The highest BCUT2D eigenvalue weighted by Crippen LogP contribution is 2.43. The van der Waals surface area contributed by atoms with Gasteiger partial charge in [0.15, 0.2) is 23.2 Å². The van der Waals surface area contributed by atoms with E-state index in [1.165, 1.54) is 17.8 Å². The molecule has 0 bridgehead atoms. The van der Waals surface area contributed by atoms with Crippen LogP contribution in [0, 0.1) is 0 Å². The van der Waals surface area contributed by atoms with Gasteiger partial charge in [0.1, 0.15) is 17.8 Å². The number of hydrogen-bond donors (Lipinski definition) is 6. The molecule has 13 nitrogen and oxygen atoms in total. The Morgan fingerprint density at radius 3 is 2.82 bits per heavy atom. The minimum atomic E-state index is -4.76. The summed E-state index contributed by atoms with van der Waals surface area (Å²) in [5, 5.41) is 24.4. The van der Waals surface area contributed by atoms with E-state index in [1.807, 2.05) is 0 Å². The topological polar surface area (TPSA) is 198 Å². The first kappa shape index (κ1) is 19.5. The molecular weight excluding hydrogens is 395 g/mol. The van der Waals surface area contributed by atoms with Gasteiger partial charge in [-0.1, -0.05) is 0 Å². The number of nitrogen functional groups attached to an aromatic ring is 1. The summed E-state index contributed by atoms with van der Waals surface area (Å²) < 4.78 is 22.4. The number of hydrogen-bond acceptors (Lipinski definition) is 10. The normalized spacial score (nSPS) is 30.8. The molecule has 0 amide bonds. The van der Waals surface area contributed by atoms with Crippen LogP contribution in [-0.2, 0) is 13.8 Å². The van der Waals surface area contributed by atoms with Crippen molar-refractivity contribution in [3.63, 3.8) is 0 Å². The van der Waals surface area contributed by atoms with Crippen LogP contribution in [0.1, 0.15) is 26.0 Å². The summed E-state index contributed by atoms with van der Waals surface area (Å²) in [4.78, 5) is 30.3. The van der Waals surface area contributed by atoms with Gasteiger partial charge in [-0.05, 0) is 19.8 Å². The lowest BCUT2D eigenvalue weighted by Crippen LogP contribution is -2.44. The van der Waals surface area contributed by atoms with Crippen LogP contribution in [0.25, 0.3) is 11.2 Å². The fraction of sp³-hybridized carbons (Fsp3) is 0.643. The maximum absolute atomic E-state index is 10.9. The van der Waals surface area contributed by atoms with Gasteiger partial charge in [0.25, 0.3) is 0 Å². The standard InChI is InChI=1S/C14H21N6O7P/c1-14(22)9(21)7(4-26-28(23,24)25)27-12(14)20-5-16-8-10(17-6-2-3-6)18-13(15)19-11(8)20/h5-7,9,12,21-22H,2-4H2,1H3,(H2,23,24,25)(H3,15,17,18,19)/t7-,9+,12-,14?/m1/s1. The van der Waals surface area contributed by atoms with E-state index in [9.17, 15) is 14.8 Å². The third kappa shape index (κ3) is 3.57. The van der Waals surface area contributed by atoms with Crippen LogP contribution >= 0.6 is 7.82 Å². The lowest BCUT2D eigenvalue weighted by Gasteiger charge is -2.27. The molecule has 7 N–H and O–H groups in total. The minimum absolute atomic E-state index is 0.00280. The number of aliphatic hydroxyl groups is 2. The molecule has 1 saturated heterocycles. The number of ether oxygens (including phenoxy) is 1. The summed E-state index contributed by atoms with van der Waals surface area (Å²) in [7, 11) is -4.76. The molecule has 1 aliphatic heterocycles. The third-order valence-electron chi connectivity index (χ3n) is 4.77. The van der Waals surface area contributed by atoms with Gasteiger partial charge >= 0.3 is 7.82 Å². The van der Waals surface area contributed by atoms with Crippen LogP contribution in [0.4, 0.5) is 11.8 Å². The SMILES string of the molecule is CC1(O)[C@@H](O)[C@@H](COP(=O)(O)O)O[C@H]1n1cnc2c(NC3CC3)nc(N)nc21. The number of rotatable bonds is 6. The Labute approximate surface area is 158 Å². The Hall–Kier alpha value is -1.86. The average molecular weight is 416 g/mol. The van der Waals surface area contributed by atoms with Crippen molar-refractivity contribution in [1.29, 1.82) is 0 Å². The van der Waals surface area contributed by atoms with Crippen molar-refractivity contribution in [1.82, 2.24) is 19.5 Å². The monoisotopic (exact) mass is 416 g/mol. The molecule has 4 atom stereocenters. The molecule has 2 aliphatic rings. The summed E-state index contributed by atoms with van der Waals surface area (Å²) in [6, 6.07) is 0.296. The number of aliphatic hydroxyl groups excluding tert-OH is 1. The van der Waals surface area contributed by atoms with E-state index in [2.05, 4.69) is 24.8 Å². The fourth-order valence-corrected chi connectivity index (χ4v) is 3.52. The van der Waals surface area contributed by atoms with Gasteiger partial charge in [-0.2, -0.15) is 9.97 Å². The number of nitrogens with zero attached hydrogens (tertiary/aromatic N) is 4. The molecular formula is C14H21N6O7P. The lowest BCUT2D eigenvalue weighted by atomic mass is 9.96. The molecule has 1 unspecified atom stereocenters. The number of fused-ring (bicyclic) bond motifs is 1. The van der Waals surface area contributed by atoms with Crippen LogP contribution < -0.4 is 11.1 Å². The van der Waals surface area contributed by atoms with Crippen molar-refractivity contribution in [2.45, 2.75) is 49.8 Å². The fourth-order valence-electron chi connectivity index (χ4n) is 3.17. The predicted molar refractivity (Wildman–Crippen MR) is 94.9 cm³/mol. The van der Waals surface area contributed by atoms with E-state index >= 15 is 0 Å². The van der Waals surface area contributed by atoms with Gasteiger partial charge in [0.05, 0.1) is 12.9 Å². The predicted octanol–water partition coefficient (Wildman–Crippen LogP) is -0.899. The molecule has 14 heteroatoms. The second-order valence-electron chi connectivity index (χ2n) is 7.16. The van der Waals surface area contributed by atoms with Gasteiger partial charge in [0, 0.05) is 6.04 Å². The zero-order valence-electron chi connectivity index (χ0n) is 14.8. The summed E-state index contributed by atoms with van der Waals surface area (Å²) in [6.07, 6.45) is -0.423. The number of nitrogens with two attached hydrogens (primary N) is 1. The Balaban J connectivity index is 1.67. The van der Waals surface area contributed by atoms with E-state index in [-0.39, 0.29) is 11.6 Å². The highest BCUT2D eigenvalue weighted by Gasteiger charge is 2.54. The van der Waals surface area contributed by atoms with Crippen molar-refractivity contribution in [3.05, 3.63) is 6.33 Å². The number of aromatic nitrogens is 4. The molecule has 0 spiro atoms. The average Bonchev–Trinajstić information content (AvgIpc) is 3.25. The van der Waals surface area contributed by atoms with Crippen LogP contribution in [0.3, 0.4) is 0 Å². The van der Waals surface area contributed by atoms with E-state index in [0.29, 0.717) is 17.4 Å². The number of phosphoric ester groups is 1. The van der Waals surface area contributed by atoms with Gasteiger partial charge in [-0.15, -0.1) is 0 Å². The molecule has 2 aromatic rings. The minimum Gasteiger partial charge on any atom is -0.387 e. The maximum Gasteiger partial charge on any atom is 0.469 e. The summed E-state index contributed by atoms with van der Waals surface area (Å²) in [5.74, 6) is 0.459. The summed E-state index contributed by atoms with van der Waals surface area (Å²) in [6.45, 7) is 0.718. The van der Waals surface area contributed by atoms with Gasteiger partial charge in [-0.3, -0.25) is 9.09 Å². The molecule has 1 saturated carbocycles. The Morgan fingerprint density at radius 1 is 1.46 bits per heavy atom. The first-order valence-electron chi connectivity index (χ1n) is 8.59. The third-order valence-corrected chi connectivity index (χ3v) is 5.26. The van der Waals surface area contributed by atoms with Crippen LogP contribution in [-0.4, -0.2) is 70.0 Å². The van der Waals surface area contributed by atoms with Crippen molar-refractivity contribution in [2.24, 2.45) is 0 Å². The van der Waals surface area contributed by atoms with Crippen molar-refractivity contribution >= 4 is 30.8 Å². The molecule has 0 aromatic carbocycles. The molecule has 4 rings (SSSR count). The maximum atomic E-state index is 10.9. The second-order valence-corrected chi connectivity index (χ2v) is 8.40. The van der Waals surface area contributed by atoms with Crippen LogP contribution in [0.2, 0.25) is 0 Å². The molecule has 0 radical (unpaired) electrons. The van der Waals surface area contributed by atoms with Crippen molar-refractivity contribution < 1.29 is 33.8 Å². The number of anilines is 2. The quantitative estimate of drug-likeness (QED) is 0.318. The zero-order chi connectivity index (χ0) is 20.3. The number of nitrogens with one attached hydrogen (secondary N) is 1. The second kappa shape index (κ2) is 6.59. The first-order valence-corrected chi connectivity index (χ1v) is 10.1. The highest BCUT2D eigenvalue weighted by molar-refractivity contribution is 7.46. The molecule has 154 valence electrons. The van der Waals surface area contributed by atoms with Crippen LogP contribution in [0.15, 0.2) is 6.33 Å². The van der Waals surface area contributed by atoms with Gasteiger partial charge in [0.2, 0.25) is 5.95 Å². The van der Waals surface area contributed by atoms with Crippen LogP contribution in [0.5, 0.6) is 0 Å². The largest absolute Gasteiger partial charge is 0.469 e. The van der Waals surface area contributed by atoms with Gasteiger partial charge < -0.3 is 35.8 Å². The van der Waals surface area contributed by atoms with Crippen molar-refractivity contribution in [2.75, 3.05) is 17.7 Å². The Morgan fingerprint density at radius 2 is 2.18 bits per heavy atom. The van der Waals surface area contributed by atoms with E-state index in [1.54, 1.807) is 0 Å². The lowest BCUT2D eigenvalue weighted by molar-refractivity contribution is -0.0949. The zero-order valence-corrected chi connectivity index (χ0v) is 15.7. The van der Waals surface area contributed by atoms with E-state index in [4.69, 9.17) is 20.3 Å². The van der Waals surface area contributed by atoms with Crippen molar-refractivity contribution in [3.8, 4) is 0 Å². The Kier molecular flexibility index (Phi) is 4.58. The molecule has 1 aliphatic carbocycles.